The molecule has 4 nitrogen and oxygen atoms in total. The van der Waals surface area contributed by atoms with Gasteiger partial charge >= 0.3 is 0 Å². The lowest BCUT2D eigenvalue weighted by atomic mass is 10.0. The van der Waals surface area contributed by atoms with Gasteiger partial charge in [0.05, 0.1) is 0 Å². The van der Waals surface area contributed by atoms with Crippen molar-refractivity contribution in [2.75, 3.05) is 17.7 Å². The minimum atomic E-state index is -0.0202. The molecule has 0 aliphatic heterocycles. The summed E-state index contributed by atoms with van der Waals surface area (Å²) in [5, 5.41) is 12.7. The van der Waals surface area contributed by atoms with Gasteiger partial charge in [0.1, 0.15) is 0 Å². The molecule has 1 saturated carbocycles. The molecule has 4 N–H and O–H groups in total. The van der Waals surface area contributed by atoms with Crippen molar-refractivity contribution in [3.8, 4) is 0 Å². The van der Waals surface area contributed by atoms with Crippen LogP contribution in [0.5, 0.6) is 0 Å². The first-order chi connectivity index (χ1) is 8.61. The van der Waals surface area contributed by atoms with Crippen LogP contribution in [0.1, 0.15) is 36.5 Å². The predicted molar refractivity (Wildman–Crippen MR) is 72.7 cm³/mol. The zero-order chi connectivity index (χ0) is 13.1. The molecule has 4 heteroatoms. The molecule has 2 unspecified atom stereocenters. The summed E-state index contributed by atoms with van der Waals surface area (Å²) in [5.74, 6) is 0.298. The number of anilines is 2. The number of carbonyl (C=O) groups is 1. The van der Waals surface area contributed by atoms with E-state index in [2.05, 4.69) is 5.32 Å². The molecular formula is C14H20N2O2. The first-order valence-corrected chi connectivity index (χ1v) is 6.39. The van der Waals surface area contributed by atoms with Crippen LogP contribution in [0.25, 0.3) is 0 Å². The third kappa shape index (κ3) is 2.64. The fourth-order valence-electron chi connectivity index (χ4n) is 2.63. The Morgan fingerprint density at radius 2 is 2.28 bits per heavy atom. The van der Waals surface area contributed by atoms with Gasteiger partial charge in [0.15, 0.2) is 5.78 Å². The van der Waals surface area contributed by atoms with E-state index in [9.17, 15) is 9.90 Å². The number of aliphatic hydroxyl groups is 1. The normalized spacial score (nSPS) is 23.0. The van der Waals surface area contributed by atoms with E-state index in [-0.39, 0.29) is 12.4 Å². The van der Waals surface area contributed by atoms with Crippen molar-refractivity contribution in [2.45, 2.75) is 32.2 Å². The molecule has 0 heterocycles. The van der Waals surface area contributed by atoms with Gasteiger partial charge in [-0.2, -0.15) is 0 Å². The van der Waals surface area contributed by atoms with E-state index in [1.54, 1.807) is 12.1 Å². The number of Topliss-reactive ketones (excluding diaryl/α,β-unsaturated/α-hetero) is 1. The van der Waals surface area contributed by atoms with Crippen molar-refractivity contribution in [1.29, 1.82) is 0 Å². The van der Waals surface area contributed by atoms with E-state index in [0.29, 0.717) is 23.2 Å². The van der Waals surface area contributed by atoms with Crippen LogP contribution in [-0.4, -0.2) is 23.5 Å². The Bertz CT molecular complexity index is 445. The summed E-state index contributed by atoms with van der Waals surface area (Å²) >= 11 is 0. The van der Waals surface area contributed by atoms with Crippen molar-refractivity contribution in [2.24, 2.45) is 5.92 Å². The third-order valence-electron chi connectivity index (χ3n) is 3.68. The zero-order valence-corrected chi connectivity index (χ0v) is 10.6. The van der Waals surface area contributed by atoms with Gasteiger partial charge < -0.3 is 16.2 Å². The standard InChI is InChI=1S/C14H20N2O2/c1-9(18)12-6-5-11(7-13(12)15)16-14-4-2-3-10(14)8-17/h5-7,10,14,16-17H,2-4,8,15H2,1H3. The quantitative estimate of drug-likeness (QED) is 0.563. The Hall–Kier alpha value is -1.55. The monoisotopic (exact) mass is 248 g/mol. The van der Waals surface area contributed by atoms with E-state index in [1.165, 1.54) is 6.92 Å². The molecule has 18 heavy (non-hydrogen) atoms. The number of rotatable bonds is 4. The molecule has 98 valence electrons. The van der Waals surface area contributed by atoms with E-state index in [4.69, 9.17) is 5.73 Å². The second-order valence-corrected chi connectivity index (χ2v) is 4.98. The molecule has 0 amide bonds. The molecule has 0 bridgehead atoms. The van der Waals surface area contributed by atoms with Gasteiger partial charge in [0.25, 0.3) is 0 Å². The number of ketones is 1. The molecule has 1 aliphatic rings. The fraction of sp³-hybridized carbons (Fsp3) is 0.500. The molecule has 1 aromatic rings. The lowest BCUT2D eigenvalue weighted by Gasteiger charge is -2.20. The van der Waals surface area contributed by atoms with Crippen LogP contribution < -0.4 is 11.1 Å². The van der Waals surface area contributed by atoms with E-state index in [1.807, 2.05) is 6.07 Å². The van der Waals surface area contributed by atoms with Crippen LogP contribution >= 0.6 is 0 Å². The number of carbonyl (C=O) groups excluding carboxylic acids is 1. The van der Waals surface area contributed by atoms with Gasteiger partial charge in [-0.3, -0.25) is 4.79 Å². The van der Waals surface area contributed by atoms with E-state index < -0.39 is 0 Å². The molecule has 0 radical (unpaired) electrons. The number of nitrogens with two attached hydrogens (primary N) is 1. The summed E-state index contributed by atoms with van der Waals surface area (Å²) in [4.78, 5) is 11.3. The van der Waals surface area contributed by atoms with Gasteiger partial charge in [-0.05, 0) is 38.0 Å². The maximum atomic E-state index is 11.3. The minimum Gasteiger partial charge on any atom is -0.398 e. The first-order valence-electron chi connectivity index (χ1n) is 6.39. The summed E-state index contributed by atoms with van der Waals surface area (Å²) < 4.78 is 0. The Kier molecular flexibility index (Phi) is 3.87. The molecule has 0 aromatic heterocycles. The average molecular weight is 248 g/mol. The van der Waals surface area contributed by atoms with Gasteiger partial charge in [-0.25, -0.2) is 0 Å². The topological polar surface area (TPSA) is 75.3 Å². The number of hydrogen-bond donors (Lipinski definition) is 3. The largest absolute Gasteiger partial charge is 0.398 e. The molecule has 1 aromatic carbocycles. The molecular weight excluding hydrogens is 228 g/mol. The molecule has 2 atom stereocenters. The predicted octanol–water partition coefficient (Wildman–Crippen LogP) is 2.04. The zero-order valence-electron chi connectivity index (χ0n) is 10.6. The lowest BCUT2D eigenvalue weighted by molar-refractivity contribution is 0.101. The van der Waals surface area contributed by atoms with Crippen LogP contribution in [0.4, 0.5) is 11.4 Å². The number of benzene rings is 1. The molecule has 0 saturated heterocycles. The average Bonchev–Trinajstić information content (AvgIpc) is 2.76. The highest BCUT2D eigenvalue weighted by molar-refractivity contribution is 5.99. The molecule has 2 rings (SSSR count). The highest BCUT2D eigenvalue weighted by Crippen LogP contribution is 2.29. The Morgan fingerprint density at radius 3 is 2.89 bits per heavy atom. The summed E-state index contributed by atoms with van der Waals surface area (Å²) in [7, 11) is 0. The maximum Gasteiger partial charge on any atom is 0.161 e. The minimum absolute atomic E-state index is 0.0202. The summed E-state index contributed by atoms with van der Waals surface area (Å²) in [5.41, 5.74) is 7.84. The van der Waals surface area contributed by atoms with Crippen LogP contribution in [0.2, 0.25) is 0 Å². The molecule has 1 fully saturated rings. The van der Waals surface area contributed by atoms with Gasteiger partial charge in [-0.1, -0.05) is 6.42 Å². The third-order valence-corrected chi connectivity index (χ3v) is 3.68. The number of hydrogen-bond acceptors (Lipinski definition) is 4. The van der Waals surface area contributed by atoms with Crippen molar-refractivity contribution in [3.05, 3.63) is 23.8 Å². The van der Waals surface area contributed by atoms with Crippen molar-refractivity contribution < 1.29 is 9.90 Å². The molecule has 0 spiro atoms. The number of nitrogen functional groups attached to an aromatic ring is 1. The van der Waals surface area contributed by atoms with Crippen LogP contribution in [0, 0.1) is 5.92 Å². The SMILES string of the molecule is CC(=O)c1ccc(NC2CCCC2CO)cc1N. The lowest BCUT2D eigenvalue weighted by Crippen LogP contribution is -2.26. The Morgan fingerprint density at radius 1 is 1.50 bits per heavy atom. The summed E-state index contributed by atoms with van der Waals surface area (Å²) in [6, 6.07) is 5.73. The van der Waals surface area contributed by atoms with Gasteiger partial charge in [0, 0.05) is 35.5 Å². The van der Waals surface area contributed by atoms with Gasteiger partial charge in [-0.15, -0.1) is 0 Å². The van der Waals surface area contributed by atoms with Crippen molar-refractivity contribution >= 4 is 17.2 Å². The second-order valence-electron chi connectivity index (χ2n) is 4.98. The van der Waals surface area contributed by atoms with Crippen LogP contribution in [0.15, 0.2) is 18.2 Å². The summed E-state index contributed by atoms with van der Waals surface area (Å²) in [6.07, 6.45) is 3.28. The van der Waals surface area contributed by atoms with Crippen molar-refractivity contribution in [1.82, 2.24) is 0 Å². The van der Waals surface area contributed by atoms with Crippen LogP contribution in [-0.2, 0) is 0 Å². The first kappa shape index (κ1) is 12.9. The van der Waals surface area contributed by atoms with E-state index >= 15 is 0 Å². The highest BCUT2D eigenvalue weighted by Gasteiger charge is 2.26. The smallest absolute Gasteiger partial charge is 0.161 e. The van der Waals surface area contributed by atoms with Crippen molar-refractivity contribution in [3.63, 3.8) is 0 Å². The summed E-state index contributed by atoms with van der Waals surface area (Å²) in [6.45, 7) is 1.73. The van der Waals surface area contributed by atoms with Gasteiger partial charge in [0.2, 0.25) is 0 Å². The Labute approximate surface area is 107 Å². The second kappa shape index (κ2) is 5.40. The van der Waals surface area contributed by atoms with E-state index in [0.717, 1.165) is 24.9 Å². The number of aliphatic hydroxyl groups excluding tert-OH is 1. The molecule has 1 aliphatic carbocycles. The maximum absolute atomic E-state index is 11.3. The number of nitrogens with one attached hydrogen (secondary N) is 1. The fourth-order valence-corrected chi connectivity index (χ4v) is 2.63. The Balaban J connectivity index is 2.10. The van der Waals surface area contributed by atoms with Crippen LogP contribution in [0.3, 0.4) is 0 Å². The highest BCUT2D eigenvalue weighted by atomic mass is 16.3.